The van der Waals surface area contributed by atoms with Gasteiger partial charge >= 0.3 is 11.9 Å². The molecule has 0 saturated heterocycles. The molecule has 0 bridgehead atoms. The van der Waals surface area contributed by atoms with Crippen LogP contribution in [0.4, 0.5) is 11.4 Å². The maximum Gasteiger partial charge on any atom is 0.338 e. The molecule has 6 aromatic carbocycles. The van der Waals surface area contributed by atoms with Gasteiger partial charge in [-0.05, 0) is 107 Å². The Labute approximate surface area is 449 Å². The number of hydrogen-bond acceptors (Lipinski definition) is 12. The number of carbonyl (C=O) groups is 2. The Morgan fingerprint density at radius 1 is 0.461 bits per heavy atom. The van der Waals surface area contributed by atoms with Crippen molar-refractivity contribution in [1.82, 2.24) is 0 Å². The summed E-state index contributed by atoms with van der Waals surface area (Å²) in [5.74, 6) is -1.04. The number of nitro groups is 2. The van der Waals surface area contributed by atoms with E-state index in [2.05, 4.69) is 90.1 Å². The number of benzene rings is 6. The first-order valence-corrected chi connectivity index (χ1v) is 29.7. The number of aliphatic hydroxyl groups excluding tert-OH is 2. The van der Waals surface area contributed by atoms with E-state index in [1.54, 1.807) is 13.8 Å². The number of aliphatic hydroxyl groups is 2. The highest BCUT2D eigenvalue weighted by molar-refractivity contribution is 7.00. The van der Waals surface area contributed by atoms with Crippen LogP contribution in [0.2, 0.25) is 10.1 Å². The van der Waals surface area contributed by atoms with E-state index in [4.69, 9.17) is 18.3 Å². The van der Waals surface area contributed by atoms with Crippen LogP contribution in [0.3, 0.4) is 0 Å². The van der Waals surface area contributed by atoms with Crippen LogP contribution in [0, 0.1) is 20.2 Å². The zero-order chi connectivity index (χ0) is 55.5. The summed E-state index contributed by atoms with van der Waals surface area (Å²) in [4.78, 5) is 45.2. The molecule has 2 N–H and O–H groups in total. The molecule has 0 unspecified atom stereocenters. The van der Waals surface area contributed by atoms with E-state index in [0.29, 0.717) is 38.5 Å². The van der Waals surface area contributed by atoms with Gasteiger partial charge in [0.05, 0.1) is 58.6 Å². The molecule has 0 amide bonds. The molecule has 4 atom stereocenters. The number of hydrogen-bond donors (Lipinski definition) is 2. The van der Waals surface area contributed by atoms with Crippen LogP contribution in [0.1, 0.15) is 115 Å². The van der Waals surface area contributed by atoms with Crippen molar-refractivity contribution in [3.8, 4) is 0 Å². The van der Waals surface area contributed by atoms with Crippen molar-refractivity contribution in [3.05, 3.63) is 201 Å². The minimum atomic E-state index is -2.81. The summed E-state index contributed by atoms with van der Waals surface area (Å²) in [5.41, 5.74) is 0.387. The van der Waals surface area contributed by atoms with Gasteiger partial charge in [0.15, 0.2) is 0 Å². The summed E-state index contributed by atoms with van der Waals surface area (Å²) >= 11 is 0. The van der Waals surface area contributed by atoms with Crippen LogP contribution in [0.25, 0.3) is 0 Å². The normalized spacial score (nSPS) is 13.5. The zero-order valence-electron chi connectivity index (χ0n) is 45.0. The SMILES string of the molecule is C[C@@H](O)[C@H](CCCCOC(=O)c1ccc([N+](=O)[O-])cc1)O[Si](c1ccccc1)(c1ccccc1)C(C)(C)C.C[C@H](O)[C@H](CCCCOC(=O)c1ccc([N+](=O)[O-])cc1)O[Si](c1ccccc1)(c1ccccc1)C(C)(C)C. The van der Waals surface area contributed by atoms with Gasteiger partial charge in [0.1, 0.15) is 0 Å². The minimum Gasteiger partial charge on any atom is -0.462 e. The molecular formula is C60H74N2O12Si2. The Kier molecular flexibility index (Phi) is 22.1. The van der Waals surface area contributed by atoms with E-state index < -0.39 is 62.8 Å². The van der Waals surface area contributed by atoms with E-state index in [1.165, 1.54) is 48.5 Å². The lowest BCUT2D eigenvalue weighted by atomic mass is 10.1. The van der Waals surface area contributed by atoms with Crippen molar-refractivity contribution in [2.24, 2.45) is 0 Å². The molecule has 404 valence electrons. The average molecular weight is 1070 g/mol. The Balaban J connectivity index is 0.000000281. The Morgan fingerprint density at radius 2 is 0.724 bits per heavy atom. The highest BCUT2D eigenvalue weighted by Gasteiger charge is 2.53. The van der Waals surface area contributed by atoms with Crippen molar-refractivity contribution in [2.75, 3.05) is 13.2 Å². The number of carbonyl (C=O) groups excluding carboxylic acids is 2. The molecule has 0 aliphatic rings. The summed E-state index contributed by atoms with van der Waals surface area (Å²) in [5, 5.41) is 47.3. The van der Waals surface area contributed by atoms with Crippen LogP contribution in [-0.2, 0) is 18.3 Å². The molecule has 0 spiro atoms. The molecule has 0 aliphatic heterocycles. The Hall–Kier alpha value is -6.67. The smallest absolute Gasteiger partial charge is 0.338 e. The minimum absolute atomic E-state index is 0.0772. The van der Waals surface area contributed by atoms with Gasteiger partial charge in [-0.2, -0.15) is 0 Å². The molecule has 0 aromatic heterocycles. The van der Waals surface area contributed by atoms with Gasteiger partial charge in [-0.25, -0.2) is 9.59 Å². The molecule has 14 nitrogen and oxygen atoms in total. The number of rotatable bonds is 24. The summed E-state index contributed by atoms with van der Waals surface area (Å²) in [6.45, 7) is 17.2. The summed E-state index contributed by atoms with van der Waals surface area (Å²) < 4.78 is 24.9. The summed E-state index contributed by atoms with van der Waals surface area (Å²) in [6, 6.07) is 52.0. The third kappa shape index (κ3) is 15.7. The zero-order valence-corrected chi connectivity index (χ0v) is 47.0. The summed E-state index contributed by atoms with van der Waals surface area (Å²) in [7, 11) is -5.62. The fourth-order valence-corrected chi connectivity index (χ4v) is 19.0. The molecule has 16 heteroatoms. The highest BCUT2D eigenvalue weighted by Crippen LogP contribution is 2.40. The third-order valence-electron chi connectivity index (χ3n) is 13.4. The van der Waals surface area contributed by atoms with Gasteiger partial charge in [0.2, 0.25) is 0 Å². The third-order valence-corrected chi connectivity index (χ3v) is 23.5. The quantitative estimate of drug-likeness (QED) is 0.0192. The first-order chi connectivity index (χ1) is 36.1. The van der Waals surface area contributed by atoms with Crippen LogP contribution < -0.4 is 20.7 Å². The highest BCUT2D eigenvalue weighted by atomic mass is 28.4. The van der Waals surface area contributed by atoms with E-state index >= 15 is 0 Å². The molecule has 0 heterocycles. The maximum atomic E-state index is 12.3. The fourth-order valence-electron chi connectivity index (χ4n) is 9.46. The number of nitrogens with zero attached hydrogens (tertiary/aromatic N) is 2. The molecule has 0 fully saturated rings. The van der Waals surface area contributed by atoms with Crippen LogP contribution in [0.15, 0.2) is 170 Å². The monoisotopic (exact) mass is 1070 g/mol. The number of non-ortho nitro benzene ring substituents is 2. The predicted molar refractivity (Wildman–Crippen MR) is 303 cm³/mol. The number of esters is 2. The van der Waals surface area contributed by atoms with Gasteiger partial charge in [0.25, 0.3) is 28.0 Å². The second-order valence-electron chi connectivity index (χ2n) is 21.0. The summed E-state index contributed by atoms with van der Waals surface area (Å²) in [6.07, 6.45) is 1.66. The van der Waals surface area contributed by atoms with Crippen LogP contribution >= 0.6 is 0 Å². The lowest BCUT2D eigenvalue weighted by Crippen LogP contribution is -2.68. The Bertz CT molecular complexity index is 2470. The largest absolute Gasteiger partial charge is 0.462 e. The molecular weight excluding hydrogens is 997 g/mol. The first-order valence-electron chi connectivity index (χ1n) is 25.9. The second kappa shape index (κ2) is 27.9. The standard InChI is InChI=1S/2C30H37NO6Si/c2*1-23(32)28(17-11-12-22-36-29(33)24-18-20-25(21-19-24)31(34)35)37-38(30(2,3)4,26-13-7-5-8-14-26)27-15-9-6-10-16-27/h2*5-10,13-16,18-21,23,28,32H,11-12,17,22H2,1-4H3/t23-,28+;23-,28-/m10/s1. The van der Waals surface area contributed by atoms with Gasteiger partial charge in [-0.3, -0.25) is 20.2 Å². The van der Waals surface area contributed by atoms with E-state index in [-0.39, 0.29) is 45.8 Å². The maximum absolute atomic E-state index is 12.3. The Morgan fingerprint density at radius 3 is 0.947 bits per heavy atom. The van der Waals surface area contributed by atoms with E-state index in [0.717, 1.165) is 20.7 Å². The van der Waals surface area contributed by atoms with Crippen LogP contribution in [-0.4, -0.2) is 86.3 Å². The molecule has 6 rings (SSSR count). The van der Waals surface area contributed by atoms with E-state index in [1.807, 2.05) is 72.8 Å². The number of ether oxygens (including phenoxy) is 2. The van der Waals surface area contributed by atoms with Gasteiger partial charge in [-0.15, -0.1) is 0 Å². The lowest BCUT2D eigenvalue weighted by Gasteiger charge is -2.45. The molecule has 0 aliphatic carbocycles. The molecule has 76 heavy (non-hydrogen) atoms. The van der Waals surface area contributed by atoms with E-state index in [9.17, 15) is 40.0 Å². The predicted octanol–water partition coefficient (Wildman–Crippen LogP) is 10.5. The lowest BCUT2D eigenvalue weighted by molar-refractivity contribution is -0.385. The van der Waals surface area contributed by atoms with Crippen molar-refractivity contribution < 1.29 is 48.0 Å². The fraction of sp³-hybridized carbons (Fsp3) is 0.367. The van der Waals surface area contributed by atoms with Crippen molar-refractivity contribution in [3.63, 3.8) is 0 Å². The molecule has 0 radical (unpaired) electrons. The number of nitro benzene ring substituents is 2. The van der Waals surface area contributed by atoms with Crippen molar-refractivity contribution in [1.29, 1.82) is 0 Å². The first kappa shape index (κ1) is 60.2. The van der Waals surface area contributed by atoms with Crippen molar-refractivity contribution >= 4 is 60.7 Å². The molecule has 0 saturated carbocycles. The van der Waals surface area contributed by atoms with Crippen LogP contribution in [0.5, 0.6) is 0 Å². The average Bonchev–Trinajstić information content (AvgIpc) is 3.49. The van der Waals surface area contributed by atoms with Gasteiger partial charge in [-0.1, -0.05) is 163 Å². The molecule has 6 aromatic rings. The topological polar surface area (TPSA) is 198 Å². The van der Waals surface area contributed by atoms with Gasteiger partial charge in [0, 0.05) is 24.3 Å². The van der Waals surface area contributed by atoms with Gasteiger partial charge < -0.3 is 28.5 Å². The van der Waals surface area contributed by atoms with Crippen molar-refractivity contribution in [2.45, 2.75) is 128 Å². The number of unbranched alkanes of at least 4 members (excludes halogenated alkanes) is 2. The second-order valence-corrected chi connectivity index (χ2v) is 29.5.